The number of hydrogen-bond donors (Lipinski definition) is 0. The Labute approximate surface area is 101 Å². The molecular formula is C11H16Cl2O2. The van der Waals surface area contributed by atoms with Crippen LogP contribution < -0.4 is 0 Å². The maximum Gasteiger partial charge on any atom is 0.252 e. The molecule has 0 amide bonds. The number of hydrogen-bond acceptors (Lipinski definition) is 2. The van der Waals surface area contributed by atoms with E-state index in [4.69, 9.17) is 23.2 Å². The van der Waals surface area contributed by atoms with Crippen molar-refractivity contribution in [3.8, 4) is 0 Å². The Hall–Kier alpha value is -0.600. The normalized spacial score (nSPS) is 10.9. The SMILES string of the molecule is CC.CC/C=C\C(=C/CC(=O)Cl)C(=O)Cl. The lowest BCUT2D eigenvalue weighted by Crippen LogP contribution is -1.91. The summed E-state index contributed by atoms with van der Waals surface area (Å²) in [4.78, 5) is 21.1. The second kappa shape index (κ2) is 11.5. The van der Waals surface area contributed by atoms with E-state index < -0.39 is 10.5 Å². The summed E-state index contributed by atoms with van der Waals surface area (Å²) in [5, 5.41) is -1.09. The van der Waals surface area contributed by atoms with Gasteiger partial charge in [0.25, 0.3) is 5.24 Å². The molecule has 0 aliphatic carbocycles. The smallest absolute Gasteiger partial charge is 0.252 e. The fourth-order valence-corrected chi connectivity index (χ4v) is 0.866. The topological polar surface area (TPSA) is 34.1 Å². The van der Waals surface area contributed by atoms with Crippen molar-refractivity contribution >= 4 is 33.7 Å². The molecule has 0 bridgehead atoms. The molecule has 0 atom stereocenters. The van der Waals surface area contributed by atoms with Crippen LogP contribution in [-0.2, 0) is 9.59 Å². The zero-order valence-electron chi connectivity index (χ0n) is 9.22. The molecule has 0 aliphatic heterocycles. The van der Waals surface area contributed by atoms with Crippen molar-refractivity contribution in [1.82, 2.24) is 0 Å². The minimum atomic E-state index is -0.581. The summed E-state index contributed by atoms with van der Waals surface area (Å²) in [5.41, 5.74) is 0.303. The molecule has 0 N–H and O–H groups in total. The van der Waals surface area contributed by atoms with E-state index in [0.29, 0.717) is 5.57 Å². The van der Waals surface area contributed by atoms with Crippen LogP contribution in [0.1, 0.15) is 33.6 Å². The third kappa shape index (κ3) is 11.3. The molecule has 0 rings (SSSR count). The van der Waals surface area contributed by atoms with Gasteiger partial charge in [-0.2, -0.15) is 0 Å². The summed E-state index contributed by atoms with van der Waals surface area (Å²) in [6.45, 7) is 5.93. The van der Waals surface area contributed by atoms with Crippen LogP contribution in [0.15, 0.2) is 23.8 Å². The van der Waals surface area contributed by atoms with Crippen LogP contribution >= 0.6 is 23.2 Å². The summed E-state index contributed by atoms with van der Waals surface area (Å²) in [7, 11) is 0. The van der Waals surface area contributed by atoms with Crippen LogP contribution in [0.5, 0.6) is 0 Å². The number of carbonyl (C=O) groups excluding carboxylic acids is 2. The monoisotopic (exact) mass is 250 g/mol. The third-order valence-electron chi connectivity index (χ3n) is 1.24. The Morgan fingerprint density at radius 1 is 1.20 bits per heavy atom. The molecule has 86 valence electrons. The van der Waals surface area contributed by atoms with Crippen molar-refractivity contribution in [2.24, 2.45) is 0 Å². The highest BCUT2D eigenvalue weighted by Gasteiger charge is 2.02. The fraction of sp³-hybridized carbons (Fsp3) is 0.455. The van der Waals surface area contributed by atoms with Crippen LogP contribution in [0, 0.1) is 0 Å². The molecule has 0 aromatic heterocycles. The highest BCUT2D eigenvalue weighted by atomic mass is 35.5. The van der Waals surface area contributed by atoms with E-state index >= 15 is 0 Å². The molecule has 4 heteroatoms. The van der Waals surface area contributed by atoms with Gasteiger partial charge in [0.2, 0.25) is 5.24 Å². The molecular weight excluding hydrogens is 235 g/mol. The average Bonchev–Trinajstić information content (AvgIpc) is 2.20. The molecule has 0 fully saturated rings. The van der Waals surface area contributed by atoms with Crippen LogP contribution in [0.25, 0.3) is 0 Å². The summed E-state index contributed by atoms with van der Waals surface area (Å²) in [6.07, 6.45) is 5.59. The Morgan fingerprint density at radius 2 is 1.73 bits per heavy atom. The molecule has 0 aliphatic rings. The largest absolute Gasteiger partial charge is 0.281 e. The zero-order valence-corrected chi connectivity index (χ0v) is 10.7. The van der Waals surface area contributed by atoms with Gasteiger partial charge in [-0.1, -0.05) is 39.0 Å². The van der Waals surface area contributed by atoms with Crippen molar-refractivity contribution < 1.29 is 9.59 Å². The van der Waals surface area contributed by atoms with Gasteiger partial charge in [0.15, 0.2) is 0 Å². The Balaban J connectivity index is 0. The van der Waals surface area contributed by atoms with Gasteiger partial charge >= 0.3 is 0 Å². The molecule has 0 saturated heterocycles. The summed E-state index contributed by atoms with van der Waals surface area (Å²) < 4.78 is 0. The van der Waals surface area contributed by atoms with E-state index in [1.165, 1.54) is 6.08 Å². The standard InChI is InChI=1S/C9H10Cl2O2.C2H6/c1-2-3-4-7(9(11)13)5-6-8(10)12;1-2/h3-5H,2,6H2,1H3;1-2H3/b4-3-,7-5+;. The van der Waals surface area contributed by atoms with Crippen LogP contribution in [-0.4, -0.2) is 10.5 Å². The summed E-state index contributed by atoms with van der Waals surface area (Å²) >= 11 is 10.3. The molecule has 0 aromatic rings. The van der Waals surface area contributed by atoms with Gasteiger partial charge in [-0.25, -0.2) is 0 Å². The predicted molar refractivity (Wildman–Crippen MR) is 65.2 cm³/mol. The molecule has 2 nitrogen and oxygen atoms in total. The molecule has 0 spiro atoms. The minimum absolute atomic E-state index is 0.0173. The van der Waals surface area contributed by atoms with Crippen LogP contribution in [0.4, 0.5) is 0 Å². The molecule has 0 radical (unpaired) electrons. The highest BCUT2D eigenvalue weighted by molar-refractivity contribution is 6.68. The van der Waals surface area contributed by atoms with Gasteiger partial charge in [0.05, 0.1) is 0 Å². The maximum atomic E-state index is 10.8. The van der Waals surface area contributed by atoms with E-state index in [0.717, 1.165) is 6.42 Å². The Kier molecular flexibility index (Phi) is 12.9. The van der Waals surface area contributed by atoms with E-state index in [1.807, 2.05) is 20.8 Å². The lowest BCUT2D eigenvalue weighted by Gasteiger charge is -1.92. The van der Waals surface area contributed by atoms with Gasteiger partial charge in [0, 0.05) is 12.0 Å². The van der Waals surface area contributed by atoms with Gasteiger partial charge in [-0.3, -0.25) is 9.59 Å². The van der Waals surface area contributed by atoms with Crippen molar-refractivity contribution in [3.05, 3.63) is 23.8 Å². The minimum Gasteiger partial charge on any atom is -0.281 e. The highest BCUT2D eigenvalue weighted by Crippen LogP contribution is 2.06. The quantitative estimate of drug-likeness (QED) is 0.422. The molecule has 0 saturated carbocycles. The Bertz CT molecular complexity index is 255. The predicted octanol–water partition coefficient (Wildman–Crippen LogP) is 3.83. The van der Waals surface area contributed by atoms with E-state index in [1.54, 1.807) is 12.2 Å². The van der Waals surface area contributed by atoms with Gasteiger partial charge < -0.3 is 0 Å². The fourth-order valence-electron chi connectivity index (χ4n) is 0.649. The lowest BCUT2D eigenvalue weighted by molar-refractivity contribution is -0.110. The van der Waals surface area contributed by atoms with E-state index in [2.05, 4.69) is 0 Å². The Morgan fingerprint density at radius 3 is 2.07 bits per heavy atom. The van der Waals surface area contributed by atoms with Crippen molar-refractivity contribution in [1.29, 1.82) is 0 Å². The zero-order chi connectivity index (χ0) is 12.3. The van der Waals surface area contributed by atoms with E-state index in [-0.39, 0.29) is 6.42 Å². The van der Waals surface area contributed by atoms with Crippen molar-refractivity contribution in [2.45, 2.75) is 33.6 Å². The second-order valence-electron chi connectivity index (χ2n) is 2.30. The average molecular weight is 251 g/mol. The lowest BCUT2D eigenvalue weighted by atomic mass is 10.2. The third-order valence-corrected chi connectivity index (χ3v) is 1.62. The van der Waals surface area contributed by atoms with Gasteiger partial charge in [0.1, 0.15) is 0 Å². The maximum absolute atomic E-state index is 10.8. The first-order valence-corrected chi connectivity index (χ1v) is 5.58. The first-order valence-electron chi connectivity index (χ1n) is 4.82. The first-order chi connectivity index (χ1) is 7.07. The second-order valence-corrected chi connectivity index (χ2v) is 3.07. The van der Waals surface area contributed by atoms with Crippen molar-refractivity contribution in [3.63, 3.8) is 0 Å². The van der Waals surface area contributed by atoms with E-state index in [9.17, 15) is 9.59 Å². The number of carbonyl (C=O) groups is 2. The summed E-state index contributed by atoms with van der Waals surface area (Å²) in [5.74, 6) is 0. The van der Waals surface area contributed by atoms with Gasteiger partial charge in [-0.05, 0) is 29.6 Å². The molecule has 0 aromatic carbocycles. The molecule has 15 heavy (non-hydrogen) atoms. The summed E-state index contributed by atoms with van der Waals surface area (Å²) in [6, 6.07) is 0. The molecule has 0 unspecified atom stereocenters. The van der Waals surface area contributed by atoms with Crippen LogP contribution in [0.2, 0.25) is 0 Å². The number of rotatable bonds is 5. The van der Waals surface area contributed by atoms with Crippen molar-refractivity contribution in [2.75, 3.05) is 0 Å². The first kappa shape index (κ1) is 16.8. The van der Waals surface area contributed by atoms with Gasteiger partial charge in [-0.15, -0.1) is 0 Å². The molecule has 0 heterocycles. The number of halogens is 2. The van der Waals surface area contributed by atoms with Crippen LogP contribution in [0.3, 0.4) is 0 Å². The number of allylic oxidation sites excluding steroid dienone is 4.